The van der Waals surface area contributed by atoms with Gasteiger partial charge in [0, 0.05) is 20.8 Å². The van der Waals surface area contributed by atoms with Gasteiger partial charge in [-0.15, -0.1) is 0 Å². The Morgan fingerprint density at radius 3 is 2.30 bits per heavy atom. The van der Waals surface area contributed by atoms with Gasteiger partial charge in [0.15, 0.2) is 6.61 Å². The highest BCUT2D eigenvalue weighted by molar-refractivity contribution is 6.65. The van der Waals surface area contributed by atoms with Crippen molar-refractivity contribution >= 4 is 14.7 Å². The minimum atomic E-state index is -4.34. The van der Waals surface area contributed by atoms with E-state index < -0.39 is 33.6 Å². The number of hydrogen-bond acceptors (Lipinski definition) is 4. The van der Waals surface area contributed by atoms with Gasteiger partial charge in [0.05, 0.1) is 0 Å². The SMILES string of the molecule is CO[Si](C)(CCCNC(=O)OCC(F)(F)C(F)F)OC. The maximum atomic E-state index is 12.5. The largest absolute Gasteiger partial charge is 0.443 e. The number of alkyl carbamates (subject to hydrolysis) is 1. The summed E-state index contributed by atoms with van der Waals surface area (Å²) in [4.78, 5) is 11.0. The summed E-state index contributed by atoms with van der Waals surface area (Å²) >= 11 is 0. The van der Waals surface area contributed by atoms with Crippen LogP contribution in [-0.2, 0) is 13.6 Å². The first kappa shape index (κ1) is 19.1. The van der Waals surface area contributed by atoms with Crippen LogP contribution in [0.5, 0.6) is 0 Å². The third-order valence-corrected chi connectivity index (χ3v) is 5.64. The standard InChI is InChI=1S/C10H19F4NO4Si/c1-17-20(3,18-2)6-4-5-15-9(16)19-7-10(13,14)8(11)12/h8H,4-7H2,1-3H3,(H,15,16). The van der Waals surface area contributed by atoms with Crippen molar-refractivity contribution in [3.8, 4) is 0 Å². The van der Waals surface area contributed by atoms with Gasteiger partial charge in [-0.1, -0.05) is 0 Å². The van der Waals surface area contributed by atoms with Gasteiger partial charge in [0.1, 0.15) is 0 Å². The lowest BCUT2D eigenvalue weighted by Crippen LogP contribution is -2.38. The van der Waals surface area contributed by atoms with E-state index in [1.165, 1.54) is 14.2 Å². The molecule has 0 rings (SSSR count). The summed E-state index contributed by atoms with van der Waals surface area (Å²) in [6, 6.07) is 0.577. The molecule has 0 aliphatic carbocycles. The first-order chi connectivity index (χ1) is 9.17. The molecule has 0 aromatic carbocycles. The van der Waals surface area contributed by atoms with E-state index in [2.05, 4.69) is 10.1 Å². The Bertz CT molecular complexity index is 303. The van der Waals surface area contributed by atoms with Crippen LogP contribution in [0.2, 0.25) is 12.6 Å². The molecule has 1 N–H and O–H groups in total. The van der Waals surface area contributed by atoms with Gasteiger partial charge < -0.3 is 18.9 Å². The van der Waals surface area contributed by atoms with Gasteiger partial charge in [0.25, 0.3) is 0 Å². The average molecular weight is 321 g/mol. The minimum absolute atomic E-state index is 0.147. The molecule has 0 bridgehead atoms. The Hall–Kier alpha value is -0.873. The highest BCUT2D eigenvalue weighted by Crippen LogP contribution is 2.22. The number of carbonyl (C=O) groups is 1. The van der Waals surface area contributed by atoms with Crippen molar-refractivity contribution in [3.63, 3.8) is 0 Å². The molecular formula is C10H19F4NO4Si. The van der Waals surface area contributed by atoms with E-state index in [1.807, 2.05) is 6.55 Å². The highest BCUT2D eigenvalue weighted by atomic mass is 28.4. The molecule has 0 saturated heterocycles. The Morgan fingerprint density at radius 1 is 1.30 bits per heavy atom. The molecule has 10 heteroatoms. The fourth-order valence-electron chi connectivity index (χ4n) is 1.16. The lowest BCUT2D eigenvalue weighted by molar-refractivity contribution is -0.153. The van der Waals surface area contributed by atoms with Gasteiger partial charge in [-0.05, 0) is 19.0 Å². The third kappa shape index (κ3) is 7.06. The molecule has 0 aliphatic rings. The van der Waals surface area contributed by atoms with E-state index in [0.717, 1.165) is 0 Å². The maximum Gasteiger partial charge on any atom is 0.407 e. The molecule has 0 aliphatic heterocycles. The zero-order valence-electron chi connectivity index (χ0n) is 11.6. The molecule has 0 saturated carbocycles. The molecule has 5 nitrogen and oxygen atoms in total. The smallest absolute Gasteiger partial charge is 0.407 e. The highest BCUT2D eigenvalue weighted by Gasteiger charge is 2.42. The van der Waals surface area contributed by atoms with Crippen LogP contribution in [0.1, 0.15) is 6.42 Å². The summed E-state index contributed by atoms with van der Waals surface area (Å²) in [5, 5.41) is 2.19. The molecule has 0 spiro atoms. The summed E-state index contributed by atoms with van der Waals surface area (Å²) in [6.45, 7) is 0.321. The molecule has 1 amide bonds. The molecule has 20 heavy (non-hydrogen) atoms. The average Bonchev–Trinajstić information content (AvgIpc) is 2.41. The predicted molar refractivity (Wildman–Crippen MR) is 65.4 cm³/mol. The molecule has 0 heterocycles. The Labute approximate surface area is 115 Å². The third-order valence-electron chi connectivity index (χ3n) is 2.66. The first-order valence-corrected chi connectivity index (χ1v) is 8.36. The van der Waals surface area contributed by atoms with Crippen LogP contribution >= 0.6 is 0 Å². The molecule has 120 valence electrons. The zero-order valence-corrected chi connectivity index (χ0v) is 12.6. The molecule has 0 atom stereocenters. The lowest BCUT2D eigenvalue weighted by Gasteiger charge is -2.22. The molecule has 0 aromatic heterocycles. The van der Waals surface area contributed by atoms with Crippen molar-refractivity contribution in [2.24, 2.45) is 0 Å². The van der Waals surface area contributed by atoms with Crippen molar-refractivity contribution in [2.45, 2.75) is 31.4 Å². The monoisotopic (exact) mass is 321 g/mol. The van der Waals surface area contributed by atoms with Crippen molar-refractivity contribution in [1.82, 2.24) is 5.32 Å². The van der Waals surface area contributed by atoms with Crippen LogP contribution in [0, 0.1) is 0 Å². The van der Waals surface area contributed by atoms with Gasteiger partial charge in [-0.25, -0.2) is 13.6 Å². The van der Waals surface area contributed by atoms with Crippen LogP contribution < -0.4 is 5.32 Å². The van der Waals surface area contributed by atoms with E-state index in [4.69, 9.17) is 8.85 Å². The molecular weight excluding hydrogens is 302 g/mol. The number of ether oxygens (including phenoxy) is 1. The summed E-state index contributed by atoms with van der Waals surface area (Å²) < 4.78 is 62.9. The van der Waals surface area contributed by atoms with Gasteiger partial charge in [-0.2, -0.15) is 8.78 Å². The summed E-state index contributed by atoms with van der Waals surface area (Å²) in [5.74, 6) is -4.34. The van der Waals surface area contributed by atoms with Crippen LogP contribution in [0.25, 0.3) is 0 Å². The topological polar surface area (TPSA) is 56.8 Å². The van der Waals surface area contributed by atoms with Gasteiger partial charge >= 0.3 is 27.0 Å². The van der Waals surface area contributed by atoms with Crippen molar-refractivity contribution < 1.29 is 35.9 Å². The second kappa shape index (κ2) is 8.42. The second-order valence-electron chi connectivity index (χ2n) is 4.21. The number of carbonyl (C=O) groups excluding carboxylic acids is 1. The zero-order chi connectivity index (χ0) is 15.8. The van der Waals surface area contributed by atoms with Gasteiger partial charge in [-0.3, -0.25) is 0 Å². The number of amides is 1. The van der Waals surface area contributed by atoms with E-state index in [0.29, 0.717) is 12.5 Å². The summed E-state index contributed by atoms with van der Waals surface area (Å²) in [5.41, 5.74) is 0. The fourth-order valence-corrected chi connectivity index (χ4v) is 2.56. The Kier molecular flexibility index (Phi) is 8.05. The molecule has 0 aromatic rings. The number of hydrogen-bond donors (Lipinski definition) is 1. The van der Waals surface area contributed by atoms with E-state index in [9.17, 15) is 22.4 Å². The van der Waals surface area contributed by atoms with Crippen LogP contribution in [0.3, 0.4) is 0 Å². The maximum absolute atomic E-state index is 12.5. The number of nitrogens with one attached hydrogen (secondary N) is 1. The van der Waals surface area contributed by atoms with E-state index in [1.54, 1.807) is 0 Å². The number of halogens is 4. The van der Waals surface area contributed by atoms with E-state index in [-0.39, 0.29) is 6.54 Å². The van der Waals surface area contributed by atoms with Crippen molar-refractivity contribution in [2.75, 3.05) is 27.4 Å². The van der Waals surface area contributed by atoms with Crippen molar-refractivity contribution in [1.29, 1.82) is 0 Å². The molecule has 0 unspecified atom stereocenters. The Balaban J connectivity index is 3.85. The van der Waals surface area contributed by atoms with E-state index >= 15 is 0 Å². The Morgan fingerprint density at radius 2 is 1.85 bits per heavy atom. The quantitative estimate of drug-likeness (QED) is 0.402. The molecule has 0 radical (unpaired) electrons. The summed E-state index contributed by atoms with van der Waals surface area (Å²) in [6.07, 6.45) is -4.54. The lowest BCUT2D eigenvalue weighted by atomic mass is 10.4. The van der Waals surface area contributed by atoms with Gasteiger partial charge in [0.2, 0.25) is 0 Å². The second-order valence-corrected chi connectivity index (χ2v) is 7.79. The number of rotatable bonds is 9. The summed E-state index contributed by atoms with van der Waals surface area (Å²) in [7, 11) is 0.791. The number of alkyl halides is 4. The van der Waals surface area contributed by atoms with Crippen LogP contribution in [0.4, 0.5) is 22.4 Å². The van der Waals surface area contributed by atoms with Crippen LogP contribution in [-0.4, -0.2) is 54.4 Å². The molecule has 0 fully saturated rings. The van der Waals surface area contributed by atoms with Crippen molar-refractivity contribution in [3.05, 3.63) is 0 Å². The fraction of sp³-hybridized carbons (Fsp3) is 0.900. The van der Waals surface area contributed by atoms with Crippen LogP contribution in [0.15, 0.2) is 0 Å². The predicted octanol–water partition coefficient (Wildman–Crippen LogP) is 2.37. The first-order valence-electron chi connectivity index (χ1n) is 5.84. The minimum Gasteiger partial charge on any atom is -0.443 e. The normalized spacial score (nSPS) is 12.6.